The third-order valence-corrected chi connectivity index (χ3v) is 5.32. The number of rotatable bonds is 8. The summed E-state index contributed by atoms with van der Waals surface area (Å²) >= 11 is 0. The van der Waals surface area contributed by atoms with Crippen LogP contribution < -0.4 is 10.6 Å². The second kappa shape index (κ2) is 11.9. The average molecular weight is 438 g/mol. The van der Waals surface area contributed by atoms with Gasteiger partial charge in [0.15, 0.2) is 0 Å². The zero-order chi connectivity index (χ0) is 22.8. The van der Waals surface area contributed by atoms with E-state index >= 15 is 0 Å². The van der Waals surface area contributed by atoms with Crippen molar-refractivity contribution in [2.45, 2.75) is 39.0 Å². The van der Waals surface area contributed by atoms with Crippen LogP contribution in [0.1, 0.15) is 59.7 Å². The SMILES string of the molecule is CCCOC(=O)c1ccc(NCC(=O)Nc2ccc(C(=O)N3CCCCCC3)cc2)cc1. The van der Waals surface area contributed by atoms with Crippen molar-refractivity contribution in [2.24, 2.45) is 0 Å². The molecule has 0 spiro atoms. The monoisotopic (exact) mass is 437 g/mol. The third-order valence-electron chi connectivity index (χ3n) is 5.32. The summed E-state index contributed by atoms with van der Waals surface area (Å²) in [5.41, 5.74) is 2.48. The normalized spacial score (nSPS) is 13.7. The summed E-state index contributed by atoms with van der Waals surface area (Å²) in [6, 6.07) is 13.8. The van der Waals surface area contributed by atoms with E-state index < -0.39 is 0 Å². The summed E-state index contributed by atoms with van der Waals surface area (Å²) in [5, 5.41) is 5.85. The van der Waals surface area contributed by atoms with Crippen LogP contribution in [0, 0.1) is 0 Å². The van der Waals surface area contributed by atoms with Crippen molar-refractivity contribution in [1.82, 2.24) is 4.90 Å². The summed E-state index contributed by atoms with van der Waals surface area (Å²) in [5.74, 6) is -0.509. The van der Waals surface area contributed by atoms with Gasteiger partial charge in [-0.2, -0.15) is 0 Å². The Morgan fingerprint density at radius 3 is 2.06 bits per heavy atom. The maximum absolute atomic E-state index is 12.7. The minimum atomic E-state index is -0.353. The van der Waals surface area contributed by atoms with Gasteiger partial charge in [0.05, 0.1) is 18.7 Å². The predicted molar refractivity (Wildman–Crippen MR) is 125 cm³/mol. The average Bonchev–Trinajstić information content (AvgIpc) is 3.11. The highest BCUT2D eigenvalue weighted by Crippen LogP contribution is 2.16. The molecule has 2 aromatic carbocycles. The molecule has 0 atom stereocenters. The molecule has 1 aliphatic heterocycles. The molecule has 1 saturated heterocycles. The first kappa shape index (κ1) is 23.3. The molecule has 2 N–H and O–H groups in total. The summed E-state index contributed by atoms with van der Waals surface area (Å²) < 4.78 is 5.10. The van der Waals surface area contributed by atoms with Crippen LogP contribution in [0.2, 0.25) is 0 Å². The Hall–Kier alpha value is -3.35. The third kappa shape index (κ3) is 6.83. The fourth-order valence-corrected chi connectivity index (χ4v) is 3.54. The summed E-state index contributed by atoms with van der Waals surface area (Å²) in [7, 11) is 0. The van der Waals surface area contributed by atoms with Crippen molar-refractivity contribution in [3.05, 3.63) is 59.7 Å². The minimum Gasteiger partial charge on any atom is -0.462 e. The number of carbonyl (C=O) groups is 3. The lowest BCUT2D eigenvalue weighted by Crippen LogP contribution is -2.31. The van der Waals surface area contributed by atoms with Crippen molar-refractivity contribution in [3.63, 3.8) is 0 Å². The van der Waals surface area contributed by atoms with Gasteiger partial charge in [0.2, 0.25) is 5.91 Å². The number of benzene rings is 2. The van der Waals surface area contributed by atoms with Crippen LogP contribution >= 0.6 is 0 Å². The highest BCUT2D eigenvalue weighted by Gasteiger charge is 2.17. The van der Waals surface area contributed by atoms with Crippen LogP contribution in [0.5, 0.6) is 0 Å². The molecule has 7 nitrogen and oxygen atoms in total. The lowest BCUT2D eigenvalue weighted by atomic mass is 10.1. The van der Waals surface area contributed by atoms with Gasteiger partial charge in [-0.1, -0.05) is 19.8 Å². The number of carbonyl (C=O) groups excluding carboxylic acids is 3. The lowest BCUT2D eigenvalue weighted by molar-refractivity contribution is -0.114. The first-order valence-electron chi connectivity index (χ1n) is 11.3. The van der Waals surface area contributed by atoms with Crippen molar-refractivity contribution in [3.8, 4) is 0 Å². The van der Waals surface area contributed by atoms with Crippen LogP contribution in [-0.4, -0.2) is 48.9 Å². The van der Waals surface area contributed by atoms with Gasteiger partial charge in [-0.3, -0.25) is 9.59 Å². The number of ether oxygens (including phenoxy) is 1. The molecule has 32 heavy (non-hydrogen) atoms. The number of anilines is 2. The van der Waals surface area contributed by atoms with E-state index in [0.29, 0.717) is 23.4 Å². The molecule has 7 heteroatoms. The van der Waals surface area contributed by atoms with Crippen LogP contribution in [0.4, 0.5) is 11.4 Å². The van der Waals surface area contributed by atoms with E-state index in [9.17, 15) is 14.4 Å². The number of hydrogen-bond acceptors (Lipinski definition) is 5. The standard InChI is InChI=1S/C25H31N3O4/c1-2-17-32-25(31)20-9-11-21(12-10-20)26-18-23(29)27-22-13-7-19(8-14-22)24(30)28-15-5-3-4-6-16-28/h7-14,26H,2-6,15-18H2,1H3,(H,27,29). The second-order valence-corrected chi connectivity index (χ2v) is 7.90. The molecule has 1 heterocycles. The van der Waals surface area contributed by atoms with Crippen molar-refractivity contribution in [1.29, 1.82) is 0 Å². The van der Waals surface area contributed by atoms with Crippen molar-refractivity contribution >= 4 is 29.2 Å². The zero-order valence-corrected chi connectivity index (χ0v) is 18.6. The fourth-order valence-electron chi connectivity index (χ4n) is 3.54. The Balaban J connectivity index is 1.46. The summed E-state index contributed by atoms with van der Waals surface area (Å²) in [6.07, 6.45) is 5.24. The van der Waals surface area contributed by atoms with Gasteiger partial charge >= 0.3 is 5.97 Å². The number of hydrogen-bond donors (Lipinski definition) is 2. The number of nitrogens with zero attached hydrogens (tertiary/aromatic N) is 1. The molecule has 1 fully saturated rings. The summed E-state index contributed by atoms with van der Waals surface area (Å²) in [4.78, 5) is 38.7. The molecule has 170 valence electrons. The topological polar surface area (TPSA) is 87.7 Å². The maximum Gasteiger partial charge on any atom is 0.338 e. The molecule has 0 bridgehead atoms. The fraction of sp³-hybridized carbons (Fsp3) is 0.400. The van der Waals surface area contributed by atoms with Gasteiger partial charge in [0.25, 0.3) is 5.91 Å². The van der Waals surface area contributed by atoms with Gasteiger partial charge < -0.3 is 20.3 Å². The summed E-state index contributed by atoms with van der Waals surface area (Å²) in [6.45, 7) is 4.03. The quantitative estimate of drug-likeness (QED) is 0.601. The van der Waals surface area contributed by atoms with Crippen molar-refractivity contribution in [2.75, 3.05) is 36.9 Å². The van der Waals surface area contributed by atoms with E-state index in [1.807, 2.05) is 11.8 Å². The highest BCUT2D eigenvalue weighted by molar-refractivity contribution is 5.97. The number of esters is 1. The number of amides is 2. The smallest absolute Gasteiger partial charge is 0.338 e. The van der Waals surface area contributed by atoms with Gasteiger partial charge in [-0.05, 0) is 67.8 Å². The Kier molecular flexibility index (Phi) is 8.66. The molecule has 0 saturated carbocycles. The van der Waals surface area contributed by atoms with E-state index in [0.717, 1.165) is 38.0 Å². The largest absolute Gasteiger partial charge is 0.462 e. The van der Waals surface area contributed by atoms with E-state index in [-0.39, 0.29) is 24.3 Å². The molecular formula is C25H31N3O4. The highest BCUT2D eigenvalue weighted by atomic mass is 16.5. The Morgan fingerprint density at radius 1 is 0.844 bits per heavy atom. The first-order valence-corrected chi connectivity index (χ1v) is 11.3. The second-order valence-electron chi connectivity index (χ2n) is 7.90. The van der Waals surface area contributed by atoms with E-state index in [2.05, 4.69) is 10.6 Å². The molecular weight excluding hydrogens is 406 g/mol. The number of nitrogens with one attached hydrogen (secondary N) is 2. The van der Waals surface area contributed by atoms with Crippen LogP contribution in [0.25, 0.3) is 0 Å². The molecule has 0 radical (unpaired) electrons. The van der Waals surface area contributed by atoms with Gasteiger partial charge in [0.1, 0.15) is 0 Å². The van der Waals surface area contributed by atoms with Gasteiger partial charge in [0, 0.05) is 30.0 Å². The predicted octanol–water partition coefficient (Wildman–Crippen LogP) is 4.32. The van der Waals surface area contributed by atoms with Gasteiger partial charge in [-0.25, -0.2) is 4.79 Å². The Bertz CT molecular complexity index is 902. The molecule has 0 unspecified atom stereocenters. The van der Waals surface area contributed by atoms with Crippen LogP contribution in [-0.2, 0) is 9.53 Å². The Labute approximate surface area is 189 Å². The number of likely N-dealkylation sites (tertiary alicyclic amines) is 1. The van der Waals surface area contributed by atoms with Crippen molar-refractivity contribution < 1.29 is 19.1 Å². The van der Waals surface area contributed by atoms with E-state index in [1.54, 1.807) is 48.5 Å². The van der Waals surface area contributed by atoms with E-state index in [4.69, 9.17) is 4.74 Å². The molecule has 0 aliphatic carbocycles. The van der Waals surface area contributed by atoms with Gasteiger partial charge in [-0.15, -0.1) is 0 Å². The molecule has 1 aliphatic rings. The molecule has 2 amide bonds. The molecule has 0 aromatic heterocycles. The first-order chi connectivity index (χ1) is 15.6. The minimum absolute atomic E-state index is 0.0495. The Morgan fingerprint density at radius 2 is 1.44 bits per heavy atom. The maximum atomic E-state index is 12.7. The lowest BCUT2D eigenvalue weighted by Gasteiger charge is -2.20. The van der Waals surface area contributed by atoms with Crippen LogP contribution in [0.3, 0.4) is 0 Å². The van der Waals surface area contributed by atoms with Crippen LogP contribution in [0.15, 0.2) is 48.5 Å². The van der Waals surface area contributed by atoms with E-state index in [1.165, 1.54) is 12.8 Å². The molecule has 3 rings (SSSR count). The zero-order valence-electron chi connectivity index (χ0n) is 18.6. The molecule has 2 aromatic rings.